The molecule has 0 aliphatic carbocycles. The van der Waals surface area contributed by atoms with Crippen LogP contribution in [-0.2, 0) is 10.2 Å². The molecule has 4 aliphatic rings. The number of carbonyl (C=O) groups is 1. The normalized spacial score (nSPS) is 21.1. The predicted octanol–water partition coefficient (Wildman–Crippen LogP) is 3.25. The van der Waals surface area contributed by atoms with E-state index in [1.165, 1.54) is 24.5 Å². The van der Waals surface area contributed by atoms with Crippen LogP contribution in [0.2, 0.25) is 0 Å². The van der Waals surface area contributed by atoms with Crippen molar-refractivity contribution in [2.24, 2.45) is 11.3 Å². The maximum Gasteiger partial charge on any atom is 0.282 e. The van der Waals surface area contributed by atoms with Crippen molar-refractivity contribution in [2.45, 2.75) is 65.5 Å². The molecule has 5 heterocycles. The van der Waals surface area contributed by atoms with E-state index in [9.17, 15) is 17.6 Å². The van der Waals surface area contributed by atoms with Crippen LogP contribution in [0, 0.1) is 17.2 Å². The second kappa shape index (κ2) is 15.7. The van der Waals surface area contributed by atoms with Crippen molar-refractivity contribution in [1.29, 1.82) is 0 Å². The number of nitrogens with one attached hydrogen (secondary N) is 1. The number of amides is 1. The number of carbonyl (C=O) groups excluding carboxylic acids is 1. The molecule has 16 heteroatoms. The molecular formula is C33H51ClFN9O4S. The van der Waals surface area contributed by atoms with E-state index in [4.69, 9.17) is 4.74 Å². The topological polar surface area (TPSA) is 127 Å². The monoisotopic (exact) mass is 723 g/mol. The molecule has 1 amide bonds. The van der Waals surface area contributed by atoms with E-state index in [1.54, 1.807) is 13.5 Å². The molecule has 1 aromatic carbocycles. The number of halogens is 2. The van der Waals surface area contributed by atoms with Gasteiger partial charge in [-0.15, -0.1) is 22.6 Å². The first-order chi connectivity index (χ1) is 23.0. The quantitative estimate of drug-likeness (QED) is 0.391. The van der Waals surface area contributed by atoms with Crippen LogP contribution in [0.4, 0.5) is 10.2 Å². The van der Waals surface area contributed by atoms with Crippen molar-refractivity contribution < 1.29 is 22.3 Å². The minimum Gasteiger partial charge on any atom is -0.434 e. The first-order valence-corrected chi connectivity index (χ1v) is 18.8. The van der Waals surface area contributed by atoms with Crippen molar-refractivity contribution >= 4 is 34.3 Å². The molecule has 0 atom stereocenters. The van der Waals surface area contributed by atoms with Gasteiger partial charge in [0, 0.05) is 76.4 Å². The Balaban J connectivity index is 0.00000468. The largest absolute Gasteiger partial charge is 0.434 e. The van der Waals surface area contributed by atoms with Crippen molar-refractivity contribution in [3.05, 3.63) is 35.9 Å². The lowest BCUT2D eigenvalue weighted by Gasteiger charge is -2.54. The third-order valence-corrected chi connectivity index (χ3v) is 12.4. The van der Waals surface area contributed by atoms with Crippen molar-refractivity contribution in [3.8, 4) is 11.6 Å². The van der Waals surface area contributed by atoms with E-state index in [-0.39, 0.29) is 53.0 Å². The Hall–Kier alpha value is -2.69. The zero-order chi connectivity index (χ0) is 34.1. The summed E-state index contributed by atoms with van der Waals surface area (Å²) in [5, 5.41) is 11.4. The fraction of sp³-hybridized carbons (Fsp3) is 0.697. The van der Waals surface area contributed by atoms with Gasteiger partial charge >= 0.3 is 0 Å². The molecule has 49 heavy (non-hydrogen) atoms. The molecule has 272 valence electrons. The Bertz CT molecular complexity index is 1530. The average molecular weight is 724 g/mol. The number of hydrogen-bond donors (Lipinski definition) is 1. The summed E-state index contributed by atoms with van der Waals surface area (Å²) in [5.74, 6) is 0.648. The van der Waals surface area contributed by atoms with Crippen LogP contribution in [0.25, 0.3) is 0 Å². The Morgan fingerprint density at radius 3 is 2.29 bits per heavy atom. The van der Waals surface area contributed by atoms with Crippen molar-refractivity contribution in [1.82, 2.24) is 38.9 Å². The van der Waals surface area contributed by atoms with Gasteiger partial charge < -0.3 is 24.8 Å². The highest BCUT2D eigenvalue weighted by Crippen LogP contribution is 2.44. The number of anilines is 1. The van der Waals surface area contributed by atoms with Gasteiger partial charge in [-0.05, 0) is 90.6 Å². The Kier molecular flexibility index (Phi) is 12.0. The number of aromatic nitrogens is 3. The van der Waals surface area contributed by atoms with Gasteiger partial charge in [0.1, 0.15) is 17.9 Å². The summed E-state index contributed by atoms with van der Waals surface area (Å²) in [6.07, 6.45) is 5.35. The maximum absolute atomic E-state index is 14.4. The van der Waals surface area contributed by atoms with E-state index in [0.717, 1.165) is 58.4 Å². The van der Waals surface area contributed by atoms with Gasteiger partial charge in [-0.2, -0.15) is 17.0 Å². The minimum atomic E-state index is -3.37. The smallest absolute Gasteiger partial charge is 0.282 e. The molecule has 2 aromatic rings. The molecule has 0 saturated carbocycles. The summed E-state index contributed by atoms with van der Waals surface area (Å²) in [5.41, 5.74) is 0.319. The zero-order valence-corrected chi connectivity index (χ0v) is 30.7. The van der Waals surface area contributed by atoms with E-state index >= 15 is 0 Å². The molecule has 13 nitrogen and oxygen atoms in total. The number of nitrogens with zero attached hydrogens (tertiary/aromatic N) is 8. The lowest BCUT2D eigenvalue weighted by Crippen LogP contribution is -2.61. The lowest BCUT2D eigenvalue weighted by atomic mass is 9.72. The summed E-state index contributed by atoms with van der Waals surface area (Å²) >= 11 is 0. The second-order valence-corrected chi connectivity index (χ2v) is 16.3. The molecule has 1 aromatic heterocycles. The van der Waals surface area contributed by atoms with Crippen LogP contribution in [0.15, 0.2) is 24.5 Å². The average Bonchev–Trinajstić information content (AvgIpc) is 3.05. The SMILES string of the molecule is CC(C)N(C(=O)c1cc(F)ccc1Oc1nncnc1N1CC2(CCN(CC3CCN(S(=O)(=O)N4CCNCC4)CC3)CC2)C1)C(C)C.Cl. The summed E-state index contributed by atoms with van der Waals surface area (Å²) in [6.45, 7) is 16.1. The van der Waals surface area contributed by atoms with Gasteiger partial charge in [0.25, 0.3) is 22.0 Å². The second-order valence-electron chi connectivity index (χ2n) is 14.4. The van der Waals surface area contributed by atoms with Crippen molar-refractivity contribution in [3.63, 3.8) is 0 Å². The van der Waals surface area contributed by atoms with Gasteiger partial charge in [0.15, 0.2) is 5.82 Å². The van der Waals surface area contributed by atoms with Gasteiger partial charge in [0.2, 0.25) is 0 Å². The van der Waals surface area contributed by atoms with Crippen LogP contribution < -0.4 is 15.0 Å². The molecule has 0 bridgehead atoms. The molecule has 4 aliphatic heterocycles. The number of piperazine rings is 1. The molecule has 1 spiro atoms. The van der Waals surface area contributed by atoms with E-state index in [0.29, 0.717) is 51.0 Å². The first kappa shape index (κ1) is 37.6. The fourth-order valence-electron chi connectivity index (χ4n) is 7.77. The van der Waals surface area contributed by atoms with Crippen molar-refractivity contribution in [2.75, 3.05) is 76.9 Å². The number of ether oxygens (including phenoxy) is 1. The van der Waals surface area contributed by atoms with Crippen LogP contribution in [0.5, 0.6) is 11.6 Å². The van der Waals surface area contributed by atoms with Gasteiger partial charge in [-0.25, -0.2) is 9.37 Å². The van der Waals surface area contributed by atoms with Crippen LogP contribution >= 0.6 is 12.4 Å². The number of rotatable bonds is 10. The standard InChI is InChI=1S/C33H50FN9O4S.ClH/c1-24(2)43(25(3)4)32(44)28-19-27(34)5-6-29(28)47-31-30(36-23-37-38-31)40-21-33(22-40)9-15-39(16-10-33)20-26-7-13-41(14-8-26)48(45,46)42-17-11-35-12-18-42;/h5-6,19,23-26,35H,7-18,20-22H2,1-4H3;1H. The summed E-state index contributed by atoms with van der Waals surface area (Å²) in [7, 11) is -3.37. The molecular weight excluding hydrogens is 673 g/mol. The fourth-order valence-corrected chi connectivity index (χ4v) is 9.42. The van der Waals surface area contributed by atoms with Crippen LogP contribution in [0.3, 0.4) is 0 Å². The Morgan fingerprint density at radius 2 is 1.65 bits per heavy atom. The highest BCUT2D eigenvalue weighted by Gasteiger charge is 2.47. The lowest BCUT2D eigenvalue weighted by molar-refractivity contribution is 0.0606. The third kappa shape index (κ3) is 8.28. The Morgan fingerprint density at radius 1 is 1.02 bits per heavy atom. The number of hydrogen-bond acceptors (Lipinski definition) is 10. The molecule has 0 unspecified atom stereocenters. The minimum absolute atomic E-state index is 0. The number of likely N-dealkylation sites (tertiary alicyclic amines) is 1. The van der Waals surface area contributed by atoms with Gasteiger partial charge in [-0.1, -0.05) is 0 Å². The third-order valence-electron chi connectivity index (χ3n) is 10.4. The summed E-state index contributed by atoms with van der Waals surface area (Å²) < 4.78 is 50.0. The highest BCUT2D eigenvalue weighted by molar-refractivity contribution is 7.86. The molecule has 4 fully saturated rings. The first-order valence-electron chi connectivity index (χ1n) is 17.4. The van der Waals surface area contributed by atoms with E-state index in [1.807, 2.05) is 27.7 Å². The molecule has 6 rings (SSSR count). The predicted molar refractivity (Wildman–Crippen MR) is 188 cm³/mol. The molecule has 1 N–H and O–H groups in total. The molecule has 4 saturated heterocycles. The van der Waals surface area contributed by atoms with Gasteiger partial charge in [0.05, 0.1) is 5.56 Å². The van der Waals surface area contributed by atoms with E-state index in [2.05, 4.69) is 30.3 Å². The van der Waals surface area contributed by atoms with E-state index < -0.39 is 16.0 Å². The van der Waals surface area contributed by atoms with Crippen LogP contribution in [-0.4, -0.2) is 132 Å². The maximum atomic E-state index is 14.4. The molecule has 0 radical (unpaired) electrons. The summed E-state index contributed by atoms with van der Waals surface area (Å²) in [6, 6.07) is 3.79. The zero-order valence-electron chi connectivity index (χ0n) is 29.1. The number of piperidine rings is 2. The number of benzene rings is 1. The Labute approximate surface area is 296 Å². The summed E-state index contributed by atoms with van der Waals surface area (Å²) in [4.78, 5) is 24.4. The van der Waals surface area contributed by atoms with Gasteiger partial charge in [-0.3, -0.25) is 4.79 Å². The van der Waals surface area contributed by atoms with Crippen LogP contribution in [0.1, 0.15) is 63.7 Å². The highest BCUT2D eigenvalue weighted by atomic mass is 35.5.